The molecule has 1 aliphatic carbocycles. The Bertz CT molecular complexity index is 846. The summed E-state index contributed by atoms with van der Waals surface area (Å²) in [5.41, 5.74) is 1.29. The number of nitrogens with one attached hydrogen (secondary N) is 2. The Kier molecular flexibility index (Phi) is 6.27. The summed E-state index contributed by atoms with van der Waals surface area (Å²) >= 11 is 0. The number of piperazine rings is 1. The van der Waals surface area contributed by atoms with Gasteiger partial charge in [-0.1, -0.05) is 27.2 Å². The number of fused-ring (bicyclic) bond motifs is 1. The molecule has 0 unspecified atom stereocenters. The standard InChI is InChI=1S/C23H36N6O/c1-4-23(2,3)17-5-7-18(8-6-17)27-20(30)15-28-11-13-29(14-12-28)22-19-9-10-24-21(19)25-16-26-22/h9-10,16-18H,4-8,11-15H2,1-3H3,(H,27,30)(H,24,25,26). The van der Waals surface area contributed by atoms with Crippen LogP contribution in [-0.2, 0) is 4.79 Å². The Morgan fingerprint density at radius 1 is 1.17 bits per heavy atom. The van der Waals surface area contributed by atoms with Crippen LogP contribution in [0.5, 0.6) is 0 Å². The summed E-state index contributed by atoms with van der Waals surface area (Å²) in [6.07, 6.45) is 9.45. The van der Waals surface area contributed by atoms with Crippen LogP contribution in [0.4, 0.5) is 5.82 Å². The normalized spacial score (nSPS) is 23.6. The number of H-pyrrole nitrogens is 1. The predicted octanol–water partition coefficient (Wildman–Crippen LogP) is 3.19. The third-order valence-corrected chi connectivity index (χ3v) is 7.48. The van der Waals surface area contributed by atoms with E-state index in [1.807, 2.05) is 12.3 Å². The lowest BCUT2D eigenvalue weighted by Crippen LogP contribution is -2.51. The lowest BCUT2D eigenvalue weighted by molar-refractivity contribution is -0.123. The van der Waals surface area contributed by atoms with Crippen LogP contribution in [0.2, 0.25) is 0 Å². The molecule has 1 amide bonds. The molecule has 0 spiro atoms. The Hall–Kier alpha value is -2.15. The Morgan fingerprint density at radius 3 is 2.60 bits per heavy atom. The van der Waals surface area contributed by atoms with Crippen molar-refractivity contribution in [3.8, 4) is 0 Å². The van der Waals surface area contributed by atoms with Gasteiger partial charge in [-0.15, -0.1) is 0 Å². The van der Waals surface area contributed by atoms with Crippen molar-refractivity contribution < 1.29 is 4.79 Å². The smallest absolute Gasteiger partial charge is 0.234 e. The molecule has 0 atom stereocenters. The number of nitrogens with zero attached hydrogens (tertiary/aromatic N) is 4. The van der Waals surface area contributed by atoms with Gasteiger partial charge in [-0.05, 0) is 43.1 Å². The summed E-state index contributed by atoms with van der Waals surface area (Å²) in [5, 5.41) is 4.36. The lowest BCUT2D eigenvalue weighted by Gasteiger charge is -2.39. The summed E-state index contributed by atoms with van der Waals surface area (Å²) in [6, 6.07) is 2.38. The first-order valence-corrected chi connectivity index (χ1v) is 11.5. The highest BCUT2D eigenvalue weighted by Crippen LogP contribution is 2.40. The summed E-state index contributed by atoms with van der Waals surface area (Å²) in [5.74, 6) is 1.95. The van der Waals surface area contributed by atoms with Crippen LogP contribution in [0.1, 0.15) is 52.9 Å². The van der Waals surface area contributed by atoms with Crippen molar-refractivity contribution in [2.75, 3.05) is 37.6 Å². The second-order valence-corrected chi connectivity index (χ2v) is 9.66. The number of hydrogen-bond donors (Lipinski definition) is 2. The van der Waals surface area contributed by atoms with Gasteiger partial charge in [0.15, 0.2) is 0 Å². The second kappa shape index (κ2) is 8.92. The summed E-state index contributed by atoms with van der Waals surface area (Å²) in [6.45, 7) is 11.1. The molecule has 7 nitrogen and oxygen atoms in total. The molecule has 30 heavy (non-hydrogen) atoms. The maximum absolute atomic E-state index is 12.6. The largest absolute Gasteiger partial charge is 0.353 e. The maximum Gasteiger partial charge on any atom is 0.234 e. The van der Waals surface area contributed by atoms with E-state index in [0.717, 1.165) is 61.8 Å². The molecule has 4 rings (SSSR count). The van der Waals surface area contributed by atoms with Crippen molar-refractivity contribution in [1.29, 1.82) is 0 Å². The number of hydrogen-bond acceptors (Lipinski definition) is 5. The van der Waals surface area contributed by atoms with Crippen LogP contribution in [0.15, 0.2) is 18.6 Å². The SMILES string of the molecule is CCC(C)(C)C1CCC(NC(=O)CN2CCN(c3ncnc4[nH]ccc34)CC2)CC1. The first-order valence-electron chi connectivity index (χ1n) is 11.5. The van der Waals surface area contributed by atoms with Crippen LogP contribution >= 0.6 is 0 Å². The first-order chi connectivity index (χ1) is 14.5. The van der Waals surface area contributed by atoms with Gasteiger partial charge in [0.25, 0.3) is 0 Å². The third-order valence-electron chi connectivity index (χ3n) is 7.48. The van der Waals surface area contributed by atoms with Gasteiger partial charge in [0.1, 0.15) is 17.8 Å². The van der Waals surface area contributed by atoms with Crippen LogP contribution in [0.3, 0.4) is 0 Å². The van der Waals surface area contributed by atoms with Gasteiger partial charge in [0.2, 0.25) is 5.91 Å². The van der Waals surface area contributed by atoms with Crippen molar-refractivity contribution in [3.05, 3.63) is 18.6 Å². The van der Waals surface area contributed by atoms with E-state index in [1.54, 1.807) is 6.33 Å². The molecule has 2 aliphatic rings. The van der Waals surface area contributed by atoms with Gasteiger partial charge in [0, 0.05) is 38.4 Å². The Balaban J connectivity index is 1.22. The topological polar surface area (TPSA) is 77.2 Å². The fourth-order valence-electron chi connectivity index (χ4n) is 5.01. The minimum absolute atomic E-state index is 0.178. The zero-order valence-electron chi connectivity index (χ0n) is 18.7. The highest BCUT2D eigenvalue weighted by molar-refractivity contribution is 5.87. The number of anilines is 1. The number of aromatic amines is 1. The van der Waals surface area contributed by atoms with Crippen molar-refractivity contribution in [3.63, 3.8) is 0 Å². The maximum atomic E-state index is 12.6. The third kappa shape index (κ3) is 4.61. The van der Waals surface area contributed by atoms with Crippen molar-refractivity contribution >= 4 is 22.8 Å². The van der Waals surface area contributed by atoms with E-state index >= 15 is 0 Å². The lowest BCUT2D eigenvalue weighted by atomic mass is 9.69. The Morgan fingerprint density at radius 2 is 1.90 bits per heavy atom. The fourth-order valence-corrected chi connectivity index (χ4v) is 5.01. The van der Waals surface area contributed by atoms with E-state index in [9.17, 15) is 4.79 Å². The average Bonchev–Trinajstić information content (AvgIpc) is 3.24. The van der Waals surface area contributed by atoms with E-state index in [4.69, 9.17) is 0 Å². The molecule has 164 valence electrons. The van der Waals surface area contributed by atoms with Gasteiger partial charge < -0.3 is 15.2 Å². The van der Waals surface area contributed by atoms with Crippen molar-refractivity contribution in [1.82, 2.24) is 25.2 Å². The molecule has 2 N–H and O–H groups in total. The Labute approximate surface area is 179 Å². The molecule has 3 heterocycles. The molecule has 1 saturated carbocycles. The van der Waals surface area contributed by atoms with Gasteiger partial charge >= 0.3 is 0 Å². The highest BCUT2D eigenvalue weighted by Gasteiger charge is 2.32. The van der Waals surface area contributed by atoms with Gasteiger partial charge in [-0.3, -0.25) is 9.69 Å². The minimum atomic E-state index is 0.178. The average molecular weight is 413 g/mol. The van der Waals surface area contributed by atoms with Crippen LogP contribution in [0.25, 0.3) is 11.0 Å². The van der Waals surface area contributed by atoms with Crippen molar-refractivity contribution in [2.24, 2.45) is 11.3 Å². The molecular formula is C23H36N6O. The highest BCUT2D eigenvalue weighted by atomic mass is 16.2. The number of rotatable bonds is 6. The summed E-state index contributed by atoms with van der Waals surface area (Å²) in [4.78, 5) is 29.1. The minimum Gasteiger partial charge on any atom is -0.353 e. The van der Waals surface area contributed by atoms with Gasteiger partial charge in [0.05, 0.1) is 11.9 Å². The molecule has 2 aromatic rings. The molecule has 0 radical (unpaired) electrons. The van der Waals surface area contributed by atoms with Crippen LogP contribution < -0.4 is 10.2 Å². The van der Waals surface area contributed by atoms with E-state index in [0.29, 0.717) is 18.0 Å². The predicted molar refractivity (Wildman–Crippen MR) is 121 cm³/mol. The molecule has 7 heteroatoms. The zero-order chi connectivity index (χ0) is 21.1. The number of carbonyl (C=O) groups excluding carboxylic acids is 1. The quantitative estimate of drug-likeness (QED) is 0.762. The molecule has 2 fully saturated rings. The number of carbonyl (C=O) groups is 1. The van der Waals surface area contributed by atoms with E-state index in [1.165, 1.54) is 19.3 Å². The molecule has 0 aromatic carbocycles. The van der Waals surface area contributed by atoms with E-state index in [-0.39, 0.29) is 5.91 Å². The van der Waals surface area contributed by atoms with Gasteiger partial charge in [-0.25, -0.2) is 9.97 Å². The van der Waals surface area contributed by atoms with Crippen molar-refractivity contribution in [2.45, 2.75) is 58.9 Å². The molecule has 1 aliphatic heterocycles. The monoisotopic (exact) mass is 412 g/mol. The number of amides is 1. The summed E-state index contributed by atoms with van der Waals surface area (Å²) < 4.78 is 0. The second-order valence-electron chi connectivity index (χ2n) is 9.66. The first kappa shape index (κ1) is 21.1. The molecule has 1 saturated heterocycles. The fraction of sp³-hybridized carbons (Fsp3) is 0.696. The number of aromatic nitrogens is 3. The zero-order valence-corrected chi connectivity index (χ0v) is 18.7. The summed E-state index contributed by atoms with van der Waals surface area (Å²) in [7, 11) is 0. The van der Waals surface area contributed by atoms with Gasteiger partial charge in [-0.2, -0.15) is 0 Å². The van der Waals surface area contributed by atoms with E-state index < -0.39 is 0 Å². The molecule has 0 bridgehead atoms. The van der Waals surface area contributed by atoms with Crippen LogP contribution in [0, 0.1) is 11.3 Å². The van der Waals surface area contributed by atoms with Crippen LogP contribution in [-0.4, -0.2) is 64.5 Å². The molecular weight excluding hydrogens is 376 g/mol. The van der Waals surface area contributed by atoms with E-state index in [2.05, 4.69) is 50.8 Å². The molecule has 2 aromatic heterocycles.